The molecule has 0 spiro atoms. The minimum absolute atomic E-state index is 0.0605. The van der Waals surface area contributed by atoms with E-state index in [1.54, 1.807) is 18.2 Å². The van der Waals surface area contributed by atoms with Crippen LogP contribution in [0.1, 0.15) is 12.0 Å². The summed E-state index contributed by atoms with van der Waals surface area (Å²) in [6.45, 7) is 0.891. The van der Waals surface area contributed by atoms with Gasteiger partial charge < -0.3 is 15.2 Å². The van der Waals surface area contributed by atoms with Gasteiger partial charge in [-0.05, 0) is 6.07 Å². The minimum atomic E-state index is -0.506. The molecule has 104 valence electrons. The van der Waals surface area contributed by atoms with Gasteiger partial charge in [0.05, 0.1) is 30.1 Å². The van der Waals surface area contributed by atoms with Crippen LogP contribution in [-0.2, 0) is 20.9 Å². The zero-order valence-corrected chi connectivity index (χ0v) is 10.4. The van der Waals surface area contributed by atoms with Gasteiger partial charge in [0, 0.05) is 12.6 Å². The Balaban J connectivity index is 2.40. The van der Waals surface area contributed by atoms with E-state index in [9.17, 15) is 14.9 Å². The molecule has 0 unspecified atom stereocenters. The number of nitro benzene ring substituents is 1. The highest BCUT2D eigenvalue weighted by molar-refractivity contribution is 5.69. The predicted octanol–water partition coefficient (Wildman–Crippen LogP) is 1.00. The molecule has 0 aromatic heterocycles. The van der Waals surface area contributed by atoms with Crippen LogP contribution in [0.2, 0.25) is 0 Å². The van der Waals surface area contributed by atoms with E-state index in [2.05, 4.69) is 0 Å². The lowest BCUT2D eigenvalue weighted by Crippen LogP contribution is -2.13. The molecule has 1 rings (SSSR count). The molecule has 7 nitrogen and oxygen atoms in total. The standard InChI is InChI=1S/C12H16N2O5/c13-6-8-18-7-5-12(15)19-9-10-3-1-2-4-11(10)14(16)17/h1-4H,5-9,13H2. The van der Waals surface area contributed by atoms with E-state index >= 15 is 0 Å². The molecule has 0 radical (unpaired) electrons. The van der Waals surface area contributed by atoms with Crippen molar-refractivity contribution in [2.24, 2.45) is 5.73 Å². The second-order valence-corrected chi connectivity index (χ2v) is 3.70. The maximum Gasteiger partial charge on any atom is 0.308 e. The first-order valence-corrected chi connectivity index (χ1v) is 5.81. The molecule has 19 heavy (non-hydrogen) atoms. The van der Waals surface area contributed by atoms with Crippen molar-refractivity contribution >= 4 is 11.7 Å². The number of hydrogen-bond donors (Lipinski definition) is 1. The Bertz CT molecular complexity index is 436. The fourth-order valence-corrected chi connectivity index (χ4v) is 1.38. The van der Waals surface area contributed by atoms with E-state index in [0.717, 1.165) is 0 Å². The summed E-state index contributed by atoms with van der Waals surface area (Å²) in [5.74, 6) is -0.463. The number of hydrogen-bond acceptors (Lipinski definition) is 6. The van der Waals surface area contributed by atoms with Crippen molar-refractivity contribution < 1.29 is 19.2 Å². The highest BCUT2D eigenvalue weighted by Crippen LogP contribution is 2.18. The van der Waals surface area contributed by atoms with Crippen molar-refractivity contribution in [1.29, 1.82) is 0 Å². The van der Waals surface area contributed by atoms with Crippen molar-refractivity contribution in [3.8, 4) is 0 Å². The van der Waals surface area contributed by atoms with Crippen molar-refractivity contribution in [2.45, 2.75) is 13.0 Å². The largest absolute Gasteiger partial charge is 0.460 e. The van der Waals surface area contributed by atoms with Gasteiger partial charge in [0.25, 0.3) is 5.69 Å². The molecule has 7 heteroatoms. The van der Waals surface area contributed by atoms with Crippen LogP contribution in [0.4, 0.5) is 5.69 Å². The lowest BCUT2D eigenvalue weighted by molar-refractivity contribution is -0.385. The van der Waals surface area contributed by atoms with Gasteiger partial charge >= 0.3 is 5.97 Å². The van der Waals surface area contributed by atoms with Crippen molar-refractivity contribution in [1.82, 2.24) is 0 Å². The maximum atomic E-state index is 11.4. The topological polar surface area (TPSA) is 105 Å². The van der Waals surface area contributed by atoms with Crippen LogP contribution < -0.4 is 5.73 Å². The number of nitrogens with zero attached hydrogens (tertiary/aromatic N) is 1. The van der Waals surface area contributed by atoms with Gasteiger partial charge in [-0.25, -0.2) is 0 Å². The number of para-hydroxylation sites is 1. The molecule has 0 atom stereocenters. The summed E-state index contributed by atoms with van der Waals surface area (Å²) in [6.07, 6.45) is 0.0978. The summed E-state index contributed by atoms with van der Waals surface area (Å²) in [6, 6.07) is 6.13. The molecule has 0 saturated carbocycles. The van der Waals surface area contributed by atoms with Gasteiger partial charge in [0.15, 0.2) is 0 Å². The molecule has 0 fully saturated rings. The van der Waals surface area contributed by atoms with Gasteiger partial charge in [0.1, 0.15) is 6.61 Å². The Morgan fingerprint density at radius 3 is 2.74 bits per heavy atom. The van der Waals surface area contributed by atoms with Crippen LogP contribution in [0.25, 0.3) is 0 Å². The first kappa shape index (κ1) is 15.1. The van der Waals surface area contributed by atoms with Gasteiger partial charge in [-0.2, -0.15) is 0 Å². The van der Waals surface area contributed by atoms with Crippen molar-refractivity contribution in [2.75, 3.05) is 19.8 Å². The van der Waals surface area contributed by atoms with E-state index in [4.69, 9.17) is 15.2 Å². The predicted molar refractivity (Wildman–Crippen MR) is 67.4 cm³/mol. The van der Waals surface area contributed by atoms with Crippen LogP contribution in [0.15, 0.2) is 24.3 Å². The smallest absolute Gasteiger partial charge is 0.308 e. The fourth-order valence-electron chi connectivity index (χ4n) is 1.38. The van der Waals surface area contributed by atoms with Crippen LogP contribution in [0, 0.1) is 10.1 Å². The molecule has 1 aromatic carbocycles. The van der Waals surface area contributed by atoms with E-state index in [1.165, 1.54) is 6.07 Å². The number of ether oxygens (including phenoxy) is 2. The Morgan fingerprint density at radius 1 is 1.32 bits per heavy atom. The second kappa shape index (κ2) is 8.17. The minimum Gasteiger partial charge on any atom is -0.460 e. The Hall–Kier alpha value is -1.99. The fraction of sp³-hybridized carbons (Fsp3) is 0.417. The molecule has 0 aliphatic heterocycles. The van der Waals surface area contributed by atoms with E-state index in [0.29, 0.717) is 18.7 Å². The first-order valence-electron chi connectivity index (χ1n) is 5.81. The lowest BCUT2D eigenvalue weighted by atomic mass is 10.2. The van der Waals surface area contributed by atoms with Crippen LogP contribution in [-0.4, -0.2) is 30.7 Å². The Kier molecular flexibility index (Phi) is 6.48. The number of esters is 1. The molecular formula is C12H16N2O5. The van der Waals surface area contributed by atoms with Crippen LogP contribution >= 0.6 is 0 Å². The molecular weight excluding hydrogens is 252 g/mol. The third-order valence-electron chi connectivity index (χ3n) is 2.29. The molecule has 0 bridgehead atoms. The van der Waals surface area contributed by atoms with Gasteiger partial charge in [-0.1, -0.05) is 12.1 Å². The average Bonchev–Trinajstić information content (AvgIpc) is 2.41. The number of nitro groups is 1. The molecule has 0 aliphatic carbocycles. The third kappa shape index (κ3) is 5.45. The second-order valence-electron chi connectivity index (χ2n) is 3.70. The molecule has 0 heterocycles. The van der Waals surface area contributed by atoms with Crippen molar-refractivity contribution in [3.63, 3.8) is 0 Å². The highest BCUT2D eigenvalue weighted by atomic mass is 16.6. The zero-order chi connectivity index (χ0) is 14.1. The number of benzene rings is 1. The Morgan fingerprint density at radius 2 is 2.05 bits per heavy atom. The molecule has 0 aliphatic rings. The number of carbonyl (C=O) groups is 1. The van der Waals surface area contributed by atoms with Crippen molar-refractivity contribution in [3.05, 3.63) is 39.9 Å². The highest BCUT2D eigenvalue weighted by Gasteiger charge is 2.13. The Labute approximate surface area is 110 Å². The molecule has 0 saturated heterocycles. The van der Waals surface area contributed by atoms with E-state index in [-0.39, 0.29) is 25.3 Å². The lowest BCUT2D eigenvalue weighted by Gasteiger charge is -2.06. The SMILES string of the molecule is NCCOCCC(=O)OCc1ccccc1[N+](=O)[O-]. The monoisotopic (exact) mass is 268 g/mol. The van der Waals surface area contributed by atoms with Gasteiger partial charge in [-0.3, -0.25) is 14.9 Å². The normalized spacial score (nSPS) is 10.2. The number of carbonyl (C=O) groups excluding carboxylic acids is 1. The van der Waals surface area contributed by atoms with E-state index < -0.39 is 10.9 Å². The summed E-state index contributed by atoms with van der Waals surface area (Å²) in [5.41, 5.74) is 5.52. The van der Waals surface area contributed by atoms with Crippen LogP contribution in [0.3, 0.4) is 0 Å². The third-order valence-corrected chi connectivity index (χ3v) is 2.29. The van der Waals surface area contributed by atoms with Crippen LogP contribution in [0.5, 0.6) is 0 Å². The number of rotatable bonds is 8. The van der Waals surface area contributed by atoms with E-state index in [1.807, 2.05) is 0 Å². The molecule has 1 aromatic rings. The molecule has 2 N–H and O–H groups in total. The average molecular weight is 268 g/mol. The number of nitrogens with two attached hydrogens (primary N) is 1. The quantitative estimate of drug-likeness (QED) is 0.326. The van der Waals surface area contributed by atoms with Gasteiger partial charge in [-0.15, -0.1) is 0 Å². The summed E-state index contributed by atoms with van der Waals surface area (Å²) < 4.78 is 9.98. The zero-order valence-electron chi connectivity index (χ0n) is 10.4. The summed E-state index contributed by atoms with van der Waals surface area (Å²) >= 11 is 0. The summed E-state index contributed by atoms with van der Waals surface area (Å²) in [4.78, 5) is 21.6. The molecule has 0 amide bonds. The summed E-state index contributed by atoms with van der Waals surface area (Å²) in [5, 5.41) is 10.7. The first-order chi connectivity index (χ1) is 9.15. The van der Waals surface area contributed by atoms with Gasteiger partial charge in [0.2, 0.25) is 0 Å². The maximum absolute atomic E-state index is 11.4. The summed E-state index contributed by atoms with van der Waals surface area (Å²) in [7, 11) is 0.